The SMILES string of the molecule is C=COS(=O)(=O)N1CCOCC1.[Na]. The molecule has 1 radical (unpaired) electrons. The van der Waals surface area contributed by atoms with Crippen LogP contribution in [0.4, 0.5) is 0 Å². The Balaban J connectivity index is 0.00000144. The maximum Gasteiger partial charge on any atom is 0.384 e. The molecule has 0 aromatic carbocycles. The van der Waals surface area contributed by atoms with Crippen LogP contribution in [0.15, 0.2) is 12.8 Å². The molecule has 0 N–H and O–H groups in total. The van der Waals surface area contributed by atoms with Crippen molar-refractivity contribution in [2.45, 2.75) is 0 Å². The van der Waals surface area contributed by atoms with Crippen molar-refractivity contribution in [2.75, 3.05) is 26.3 Å². The number of morpholine rings is 1. The van der Waals surface area contributed by atoms with E-state index in [-0.39, 0.29) is 29.6 Å². The fourth-order valence-electron chi connectivity index (χ4n) is 0.917. The number of nitrogens with zero attached hydrogens (tertiary/aromatic N) is 1. The molecule has 13 heavy (non-hydrogen) atoms. The molecule has 1 aliphatic rings. The summed E-state index contributed by atoms with van der Waals surface area (Å²) in [5.74, 6) is 0. The Kier molecular flexibility index (Phi) is 6.19. The van der Waals surface area contributed by atoms with E-state index in [1.807, 2.05) is 0 Å². The van der Waals surface area contributed by atoms with E-state index in [1.165, 1.54) is 4.31 Å². The van der Waals surface area contributed by atoms with Crippen LogP contribution in [0, 0.1) is 0 Å². The van der Waals surface area contributed by atoms with Gasteiger partial charge < -0.3 is 8.92 Å². The predicted octanol–water partition coefficient (Wildman–Crippen LogP) is -0.657. The van der Waals surface area contributed by atoms with Gasteiger partial charge in [0.15, 0.2) is 0 Å². The molecule has 0 aromatic heterocycles. The van der Waals surface area contributed by atoms with Gasteiger partial charge in [-0.25, -0.2) is 0 Å². The molecule has 1 saturated heterocycles. The monoisotopic (exact) mass is 216 g/mol. The predicted molar refractivity (Wildman–Crippen MR) is 48.3 cm³/mol. The number of hydrogen-bond donors (Lipinski definition) is 0. The summed E-state index contributed by atoms with van der Waals surface area (Å²) in [6.07, 6.45) is 0.908. The third kappa shape index (κ3) is 3.97. The Bertz CT molecular complexity index is 247. The van der Waals surface area contributed by atoms with Crippen molar-refractivity contribution in [2.24, 2.45) is 0 Å². The van der Waals surface area contributed by atoms with Gasteiger partial charge in [0.2, 0.25) is 0 Å². The zero-order valence-electron chi connectivity index (χ0n) is 7.60. The smallest absolute Gasteiger partial charge is 0.379 e. The molecular formula is C6H11NNaO4S. The second kappa shape index (κ2) is 6.00. The van der Waals surface area contributed by atoms with Crippen LogP contribution >= 0.6 is 0 Å². The summed E-state index contributed by atoms with van der Waals surface area (Å²) >= 11 is 0. The average molecular weight is 216 g/mol. The van der Waals surface area contributed by atoms with E-state index in [1.54, 1.807) is 0 Å². The van der Waals surface area contributed by atoms with E-state index in [4.69, 9.17) is 4.74 Å². The fourth-order valence-corrected chi connectivity index (χ4v) is 1.81. The summed E-state index contributed by atoms with van der Waals surface area (Å²) in [7, 11) is -3.60. The molecule has 71 valence electrons. The van der Waals surface area contributed by atoms with Gasteiger partial charge in [-0.05, 0) is 0 Å². The molecule has 1 rings (SSSR count). The fraction of sp³-hybridized carbons (Fsp3) is 0.667. The third-order valence-corrected chi connectivity index (χ3v) is 2.85. The molecule has 0 spiro atoms. The minimum absolute atomic E-state index is 0. The minimum Gasteiger partial charge on any atom is -0.379 e. The standard InChI is InChI=1S/C6H11NO4S.Na/c1-2-11-12(8,9)7-3-5-10-6-4-7;/h2H,1,3-6H2;. The van der Waals surface area contributed by atoms with Crippen LogP contribution in [-0.2, 0) is 19.2 Å². The van der Waals surface area contributed by atoms with Gasteiger partial charge in [-0.15, -0.1) is 0 Å². The van der Waals surface area contributed by atoms with E-state index >= 15 is 0 Å². The second-order valence-corrected chi connectivity index (χ2v) is 3.80. The van der Waals surface area contributed by atoms with Gasteiger partial charge in [-0.2, -0.15) is 12.7 Å². The van der Waals surface area contributed by atoms with Crippen molar-refractivity contribution in [3.63, 3.8) is 0 Å². The molecule has 1 fully saturated rings. The molecule has 0 aliphatic carbocycles. The van der Waals surface area contributed by atoms with Gasteiger partial charge in [-0.3, -0.25) is 0 Å². The van der Waals surface area contributed by atoms with Gasteiger partial charge in [0.1, 0.15) is 6.26 Å². The number of rotatable bonds is 3. The molecule has 5 nitrogen and oxygen atoms in total. The van der Waals surface area contributed by atoms with Crippen LogP contribution in [0.5, 0.6) is 0 Å². The molecule has 7 heteroatoms. The van der Waals surface area contributed by atoms with Crippen LogP contribution in [0.1, 0.15) is 0 Å². The average Bonchev–Trinajstić information content (AvgIpc) is 2.06. The second-order valence-electron chi connectivity index (χ2n) is 2.23. The molecule has 0 bridgehead atoms. The Hall–Kier alpha value is 0.410. The molecular weight excluding hydrogens is 205 g/mol. The summed E-state index contributed by atoms with van der Waals surface area (Å²) in [6.45, 7) is 4.70. The normalized spacial score (nSPS) is 18.8. The Labute approximate surface area is 100 Å². The maximum absolute atomic E-state index is 11.2. The molecule has 0 saturated carbocycles. The van der Waals surface area contributed by atoms with Gasteiger partial charge in [0.05, 0.1) is 13.2 Å². The van der Waals surface area contributed by atoms with Crippen molar-refractivity contribution < 1.29 is 17.3 Å². The summed E-state index contributed by atoms with van der Waals surface area (Å²) < 4.78 is 32.9. The van der Waals surface area contributed by atoms with E-state index in [0.29, 0.717) is 26.3 Å². The molecule has 0 atom stereocenters. The molecule has 1 heterocycles. The van der Waals surface area contributed by atoms with Gasteiger partial charge in [0.25, 0.3) is 0 Å². The van der Waals surface area contributed by atoms with Crippen LogP contribution in [-0.4, -0.2) is 68.6 Å². The topological polar surface area (TPSA) is 55.8 Å². The van der Waals surface area contributed by atoms with Crippen molar-refractivity contribution in [1.29, 1.82) is 0 Å². The quantitative estimate of drug-likeness (QED) is 0.464. The van der Waals surface area contributed by atoms with Crippen molar-refractivity contribution >= 4 is 39.9 Å². The first-order valence-electron chi connectivity index (χ1n) is 3.54. The molecule has 0 aromatic rings. The first kappa shape index (κ1) is 13.4. The first-order chi connectivity index (χ1) is 5.67. The first-order valence-corrected chi connectivity index (χ1v) is 4.90. The zero-order chi connectivity index (χ0) is 9.03. The van der Waals surface area contributed by atoms with Crippen LogP contribution in [0.2, 0.25) is 0 Å². The summed E-state index contributed by atoms with van der Waals surface area (Å²) in [4.78, 5) is 0. The van der Waals surface area contributed by atoms with Gasteiger partial charge in [0, 0.05) is 42.6 Å². The van der Waals surface area contributed by atoms with Crippen molar-refractivity contribution in [3.8, 4) is 0 Å². The Morgan fingerprint density at radius 2 is 1.92 bits per heavy atom. The van der Waals surface area contributed by atoms with Crippen LogP contribution in [0.3, 0.4) is 0 Å². The number of ether oxygens (including phenoxy) is 1. The third-order valence-electron chi connectivity index (χ3n) is 1.48. The Morgan fingerprint density at radius 1 is 1.38 bits per heavy atom. The van der Waals surface area contributed by atoms with Crippen molar-refractivity contribution in [1.82, 2.24) is 4.31 Å². The van der Waals surface area contributed by atoms with E-state index < -0.39 is 10.3 Å². The zero-order valence-corrected chi connectivity index (χ0v) is 10.4. The summed E-state index contributed by atoms with van der Waals surface area (Å²) in [5.41, 5.74) is 0. The largest absolute Gasteiger partial charge is 0.384 e. The molecule has 1 aliphatic heterocycles. The van der Waals surface area contributed by atoms with Crippen molar-refractivity contribution in [3.05, 3.63) is 12.8 Å². The van der Waals surface area contributed by atoms with E-state index in [0.717, 1.165) is 6.26 Å². The molecule has 0 unspecified atom stereocenters. The van der Waals surface area contributed by atoms with Gasteiger partial charge >= 0.3 is 10.3 Å². The van der Waals surface area contributed by atoms with E-state index in [2.05, 4.69) is 10.8 Å². The van der Waals surface area contributed by atoms with Gasteiger partial charge in [-0.1, -0.05) is 6.58 Å². The number of hydrogen-bond acceptors (Lipinski definition) is 4. The van der Waals surface area contributed by atoms with Crippen LogP contribution in [0.25, 0.3) is 0 Å². The summed E-state index contributed by atoms with van der Waals surface area (Å²) in [6, 6.07) is 0. The minimum atomic E-state index is -3.60. The molecule has 0 amide bonds. The Morgan fingerprint density at radius 3 is 2.38 bits per heavy atom. The van der Waals surface area contributed by atoms with Crippen LogP contribution < -0.4 is 0 Å². The maximum atomic E-state index is 11.2. The summed E-state index contributed by atoms with van der Waals surface area (Å²) in [5, 5.41) is 0. The van der Waals surface area contributed by atoms with E-state index in [9.17, 15) is 8.42 Å².